The molecule has 0 spiro atoms. The zero-order valence-corrected chi connectivity index (χ0v) is 11.8. The van der Waals surface area contributed by atoms with Gasteiger partial charge in [0.15, 0.2) is 0 Å². The van der Waals surface area contributed by atoms with Gasteiger partial charge in [-0.3, -0.25) is 0 Å². The minimum atomic E-state index is 0.266. The van der Waals surface area contributed by atoms with Crippen LogP contribution in [0.25, 0.3) is 11.1 Å². The zero-order valence-electron chi connectivity index (χ0n) is 11.8. The lowest BCUT2D eigenvalue weighted by molar-refractivity contribution is 0.493. The van der Waals surface area contributed by atoms with Crippen molar-refractivity contribution in [3.63, 3.8) is 0 Å². The second kappa shape index (κ2) is 6.53. The lowest BCUT2D eigenvalue weighted by Gasteiger charge is -2.14. The van der Waals surface area contributed by atoms with E-state index in [4.69, 9.17) is 5.73 Å². The van der Waals surface area contributed by atoms with Gasteiger partial charge in [-0.05, 0) is 35.4 Å². The van der Waals surface area contributed by atoms with E-state index in [0.717, 1.165) is 12.8 Å². The van der Waals surface area contributed by atoms with Crippen molar-refractivity contribution >= 4 is 0 Å². The Hall–Kier alpha value is -1.60. The van der Waals surface area contributed by atoms with Crippen molar-refractivity contribution in [1.29, 1.82) is 0 Å². The summed E-state index contributed by atoms with van der Waals surface area (Å²) in [5.41, 5.74) is 10.0. The molecule has 0 aliphatic carbocycles. The molecule has 0 fully saturated rings. The molecule has 0 radical (unpaired) electrons. The number of hydrogen-bond donors (Lipinski definition) is 1. The summed E-state index contributed by atoms with van der Waals surface area (Å²) in [6.45, 7) is 4.44. The smallest absolute Gasteiger partial charge is 0.00817 e. The van der Waals surface area contributed by atoms with Crippen LogP contribution < -0.4 is 5.73 Å². The van der Waals surface area contributed by atoms with Crippen molar-refractivity contribution in [2.24, 2.45) is 11.7 Å². The van der Waals surface area contributed by atoms with Gasteiger partial charge in [0.2, 0.25) is 0 Å². The molecule has 0 aliphatic heterocycles. The predicted molar refractivity (Wildman–Crippen MR) is 83.0 cm³/mol. The van der Waals surface area contributed by atoms with Gasteiger partial charge in [-0.25, -0.2) is 0 Å². The van der Waals surface area contributed by atoms with Gasteiger partial charge in [-0.15, -0.1) is 0 Å². The van der Waals surface area contributed by atoms with Gasteiger partial charge < -0.3 is 5.73 Å². The molecule has 0 unspecified atom stereocenters. The summed E-state index contributed by atoms with van der Waals surface area (Å²) < 4.78 is 0. The SMILES string of the molecule is CC(C)C[C@H](N)Cc1ccc(-c2ccccc2)cc1. The van der Waals surface area contributed by atoms with E-state index in [1.54, 1.807) is 0 Å². The van der Waals surface area contributed by atoms with Crippen LogP contribution in [0.5, 0.6) is 0 Å². The van der Waals surface area contributed by atoms with Gasteiger partial charge in [-0.2, -0.15) is 0 Å². The van der Waals surface area contributed by atoms with Crippen molar-refractivity contribution < 1.29 is 0 Å². The number of hydrogen-bond acceptors (Lipinski definition) is 1. The van der Waals surface area contributed by atoms with Crippen LogP contribution in [0.2, 0.25) is 0 Å². The molecular weight excluding hydrogens is 230 g/mol. The highest BCUT2D eigenvalue weighted by Crippen LogP contribution is 2.20. The molecule has 2 N–H and O–H groups in total. The third-order valence-corrected chi connectivity index (χ3v) is 3.33. The number of rotatable bonds is 5. The summed E-state index contributed by atoms with van der Waals surface area (Å²) in [4.78, 5) is 0. The fourth-order valence-corrected chi connectivity index (χ4v) is 2.46. The fourth-order valence-electron chi connectivity index (χ4n) is 2.46. The first kappa shape index (κ1) is 13.8. The van der Waals surface area contributed by atoms with Crippen molar-refractivity contribution in [3.8, 4) is 11.1 Å². The van der Waals surface area contributed by atoms with Crippen LogP contribution in [-0.4, -0.2) is 6.04 Å². The Kier molecular flexibility index (Phi) is 4.75. The standard InChI is InChI=1S/C18H23N/c1-14(2)12-18(19)13-15-8-10-17(11-9-15)16-6-4-3-5-7-16/h3-11,14,18H,12-13,19H2,1-2H3/t18-/m0/s1. The molecule has 1 nitrogen and oxygen atoms in total. The molecule has 100 valence electrons. The maximum Gasteiger partial charge on any atom is 0.00817 e. The summed E-state index contributed by atoms with van der Waals surface area (Å²) in [7, 11) is 0. The molecule has 0 bridgehead atoms. The average molecular weight is 253 g/mol. The molecule has 1 heteroatoms. The highest BCUT2D eigenvalue weighted by Gasteiger charge is 2.06. The molecule has 0 amide bonds. The second-order valence-corrected chi connectivity index (χ2v) is 5.66. The highest BCUT2D eigenvalue weighted by molar-refractivity contribution is 5.63. The highest BCUT2D eigenvalue weighted by atomic mass is 14.6. The van der Waals surface area contributed by atoms with E-state index in [2.05, 4.69) is 62.4 Å². The molecule has 0 aliphatic rings. The van der Waals surface area contributed by atoms with Crippen LogP contribution in [0.3, 0.4) is 0 Å². The van der Waals surface area contributed by atoms with E-state index in [1.165, 1.54) is 16.7 Å². The molecule has 0 saturated heterocycles. The van der Waals surface area contributed by atoms with E-state index in [1.807, 2.05) is 6.07 Å². The first-order chi connectivity index (χ1) is 9.15. The molecule has 2 rings (SSSR count). The first-order valence-corrected chi connectivity index (χ1v) is 7.05. The van der Waals surface area contributed by atoms with Gasteiger partial charge in [0.25, 0.3) is 0 Å². The third kappa shape index (κ3) is 4.22. The minimum Gasteiger partial charge on any atom is -0.327 e. The molecule has 1 atom stereocenters. The van der Waals surface area contributed by atoms with Gasteiger partial charge in [0.1, 0.15) is 0 Å². The molecule has 19 heavy (non-hydrogen) atoms. The normalized spacial score (nSPS) is 12.6. The Morgan fingerprint density at radius 3 is 2.00 bits per heavy atom. The van der Waals surface area contributed by atoms with Crippen molar-refractivity contribution in [3.05, 3.63) is 60.2 Å². The largest absolute Gasteiger partial charge is 0.327 e. The summed E-state index contributed by atoms with van der Waals surface area (Å²) in [5, 5.41) is 0. The number of nitrogens with two attached hydrogens (primary N) is 1. The summed E-state index contributed by atoms with van der Waals surface area (Å²) >= 11 is 0. The molecule has 0 aromatic heterocycles. The van der Waals surface area contributed by atoms with Crippen molar-refractivity contribution in [2.75, 3.05) is 0 Å². The quantitative estimate of drug-likeness (QED) is 0.846. The molecule has 2 aromatic carbocycles. The Morgan fingerprint density at radius 2 is 1.42 bits per heavy atom. The Bertz CT molecular complexity index is 485. The van der Waals surface area contributed by atoms with Gasteiger partial charge in [0.05, 0.1) is 0 Å². The van der Waals surface area contributed by atoms with Crippen molar-refractivity contribution in [1.82, 2.24) is 0 Å². The van der Waals surface area contributed by atoms with E-state index < -0.39 is 0 Å². The molecule has 0 heterocycles. The fraction of sp³-hybridized carbons (Fsp3) is 0.333. The lowest BCUT2D eigenvalue weighted by atomic mass is 9.96. The van der Waals surface area contributed by atoms with Crippen LogP contribution in [0.15, 0.2) is 54.6 Å². The van der Waals surface area contributed by atoms with Crippen molar-refractivity contribution in [2.45, 2.75) is 32.7 Å². The second-order valence-electron chi connectivity index (χ2n) is 5.66. The third-order valence-electron chi connectivity index (χ3n) is 3.33. The average Bonchev–Trinajstić information content (AvgIpc) is 2.39. The Labute approximate surface area is 116 Å². The van der Waals surface area contributed by atoms with Gasteiger partial charge in [-0.1, -0.05) is 68.4 Å². The summed E-state index contributed by atoms with van der Waals surface area (Å²) in [6.07, 6.45) is 2.05. The van der Waals surface area contributed by atoms with Gasteiger partial charge in [0, 0.05) is 6.04 Å². The van der Waals surface area contributed by atoms with E-state index in [0.29, 0.717) is 5.92 Å². The van der Waals surface area contributed by atoms with Gasteiger partial charge >= 0.3 is 0 Å². The molecular formula is C18H23N. The molecule has 0 saturated carbocycles. The van der Waals surface area contributed by atoms with E-state index in [9.17, 15) is 0 Å². The first-order valence-electron chi connectivity index (χ1n) is 7.05. The predicted octanol–water partition coefficient (Wildman–Crippen LogP) is 4.27. The Morgan fingerprint density at radius 1 is 0.842 bits per heavy atom. The maximum absolute atomic E-state index is 6.16. The van der Waals surface area contributed by atoms with Crippen LogP contribution in [0.1, 0.15) is 25.8 Å². The minimum absolute atomic E-state index is 0.266. The van der Waals surface area contributed by atoms with E-state index in [-0.39, 0.29) is 6.04 Å². The summed E-state index contributed by atoms with van der Waals surface area (Å²) in [6, 6.07) is 19.5. The van der Waals surface area contributed by atoms with Crippen LogP contribution >= 0.6 is 0 Å². The van der Waals surface area contributed by atoms with Crippen LogP contribution in [-0.2, 0) is 6.42 Å². The topological polar surface area (TPSA) is 26.0 Å². The maximum atomic E-state index is 6.16. The van der Waals surface area contributed by atoms with E-state index >= 15 is 0 Å². The van der Waals surface area contributed by atoms with Crippen LogP contribution in [0.4, 0.5) is 0 Å². The van der Waals surface area contributed by atoms with Crippen LogP contribution in [0, 0.1) is 5.92 Å². The summed E-state index contributed by atoms with van der Waals surface area (Å²) in [5.74, 6) is 0.665. The lowest BCUT2D eigenvalue weighted by Crippen LogP contribution is -2.24. The Balaban J connectivity index is 2.03. The number of benzene rings is 2. The molecule has 2 aromatic rings. The zero-order chi connectivity index (χ0) is 13.7. The monoisotopic (exact) mass is 253 g/mol.